The van der Waals surface area contributed by atoms with Crippen molar-refractivity contribution in [2.75, 3.05) is 6.54 Å². The van der Waals surface area contributed by atoms with E-state index in [9.17, 15) is 0 Å². The Bertz CT molecular complexity index is 245. The second-order valence-electron chi connectivity index (χ2n) is 6.89. The third kappa shape index (κ3) is 3.66. The summed E-state index contributed by atoms with van der Waals surface area (Å²) in [5.74, 6) is 0. The largest absolute Gasteiger partial charge is 0.312 e. The van der Waals surface area contributed by atoms with Crippen molar-refractivity contribution in [3.63, 3.8) is 0 Å². The van der Waals surface area contributed by atoms with Crippen LogP contribution in [0.1, 0.15) is 72.1 Å². The molecule has 1 N–H and O–H groups in total. The maximum atomic E-state index is 3.86. The van der Waals surface area contributed by atoms with Gasteiger partial charge in [0, 0.05) is 16.5 Å². The molecule has 0 amide bonds. The van der Waals surface area contributed by atoms with Crippen molar-refractivity contribution in [1.82, 2.24) is 5.32 Å². The van der Waals surface area contributed by atoms with Gasteiger partial charge in [0.1, 0.15) is 0 Å². The lowest BCUT2D eigenvalue weighted by Gasteiger charge is -2.45. The van der Waals surface area contributed by atoms with Crippen molar-refractivity contribution in [3.8, 4) is 0 Å². The van der Waals surface area contributed by atoms with Gasteiger partial charge >= 0.3 is 0 Å². The van der Waals surface area contributed by atoms with Crippen LogP contribution in [0.5, 0.6) is 0 Å². The van der Waals surface area contributed by atoms with Crippen molar-refractivity contribution in [2.45, 2.75) is 88.7 Å². The van der Waals surface area contributed by atoms with Gasteiger partial charge in [-0.25, -0.2) is 0 Å². The fraction of sp³-hybridized carbons (Fsp3) is 1.00. The molecule has 2 heteroatoms. The van der Waals surface area contributed by atoms with Crippen molar-refractivity contribution in [3.05, 3.63) is 0 Å². The summed E-state index contributed by atoms with van der Waals surface area (Å²) in [7, 11) is 0. The molecule has 18 heavy (non-hydrogen) atoms. The first kappa shape index (κ1) is 14.7. The van der Waals surface area contributed by atoms with Gasteiger partial charge in [-0.1, -0.05) is 40.0 Å². The maximum Gasteiger partial charge on any atom is 0.0237 e. The van der Waals surface area contributed by atoms with Crippen LogP contribution in [-0.4, -0.2) is 23.1 Å². The summed E-state index contributed by atoms with van der Waals surface area (Å²) in [5, 5.41) is 5.70. The number of hydrogen-bond acceptors (Lipinski definition) is 2. The fourth-order valence-corrected chi connectivity index (χ4v) is 5.73. The van der Waals surface area contributed by atoms with Crippen LogP contribution in [0.25, 0.3) is 0 Å². The van der Waals surface area contributed by atoms with E-state index in [2.05, 4.69) is 37.8 Å². The Labute approximate surface area is 118 Å². The average Bonchev–Trinajstić information content (AvgIpc) is 2.80. The smallest absolute Gasteiger partial charge is 0.0237 e. The molecule has 0 aromatic carbocycles. The van der Waals surface area contributed by atoms with E-state index in [-0.39, 0.29) is 0 Å². The molecule has 0 saturated heterocycles. The Balaban J connectivity index is 1.95. The number of rotatable bonds is 5. The van der Waals surface area contributed by atoms with Crippen LogP contribution in [0.2, 0.25) is 0 Å². The number of thioether (sulfide) groups is 1. The highest BCUT2D eigenvalue weighted by molar-refractivity contribution is 8.00. The van der Waals surface area contributed by atoms with E-state index in [0.717, 1.165) is 16.5 Å². The zero-order valence-corrected chi connectivity index (χ0v) is 13.3. The van der Waals surface area contributed by atoms with E-state index in [4.69, 9.17) is 0 Å². The van der Waals surface area contributed by atoms with Crippen LogP contribution in [-0.2, 0) is 0 Å². The zero-order valence-electron chi connectivity index (χ0n) is 12.5. The van der Waals surface area contributed by atoms with Crippen LogP contribution >= 0.6 is 11.8 Å². The van der Waals surface area contributed by atoms with Crippen molar-refractivity contribution >= 4 is 11.8 Å². The Hall–Kier alpha value is 0.310. The molecule has 0 radical (unpaired) electrons. The molecule has 0 aliphatic heterocycles. The first-order chi connectivity index (χ1) is 8.63. The highest BCUT2D eigenvalue weighted by atomic mass is 32.2. The molecular weight excluding hydrogens is 238 g/mol. The predicted octanol–water partition coefficient (Wildman–Crippen LogP) is 4.61. The van der Waals surface area contributed by atoms with E-state index >= 15 is 0 Å². The van der Waals surface area contributed by atoms with E-state index in [0.29, 0.717) is 5.41 Å². The first-order valence-electron chi connectivity index (χ1n) is 8.02. The zero-order chi connectivity index (χ0) is 13.0. The lowest BCUT2D eigenvalue weighted by atomic mass is 9.73. The third-order valence-electron chi connectivity index (χ3n) is 4.81. The Morgan fingerprint density at radius 1 is 1.11 bits per heavy atom. The molecule has 2 atom stereocenters. The van der Waals surface area contributed by atoms with Gasteiger partial charge in [-0.15, -0.1) is 0 Å². The summed E-state index contributed by atoms with van der Waals surface area (Å²) in [6, 6.07) is 0.733. The standard InChI is InChI=1S/C16H31NS/c1-4-12-17-15-14(10-7-11-16(15,2)3)18-13-8-5-6-9-13/h13-15,17H,4-12H2,1-3H3. The quantitative estimate of drug-likeness (QED) is 0.782. The molecular formula is C16H31NS. The minimum atomic E-state index is 0.490. The molecule has 0 aromatic heterocycles. The van der Waals surface area contributed by atoms with Crippen LogP contribution in [0.3, 0.4) is 0 Å². The van der Waals surface area contributed by atoms with Crippen molar-refractivity contribution in [2.24, 2.45) is 5.41 Å². The van der Waals surface area contributed by atoms with E-state index in [1.807, 2.05) is 0 Å². The summed E-state index contributed by atoms with van der Waals surface area (Å²) in [6.07, 6.45) is 11.4. The first-order valence-corrected chi connectivity index (χ1v) is 8.96. The van der Waals surface area contributed by atoms with Gasteiger partial charge < -0.3 is 5.32 Å². The Morgan fingerprint density at radius 2 is 1.83 bits per heavy atom. The average molecular weight is 269 g/mol. The highest BCUT2D eigenvalue weighted by Gasteiger charge is 2.39. The summed E-state index contributed by atoms with van der Waals surface area (Å²) in [6.45, 7) is 8.42. The molecule has 1 nitrogen and oxygen atoms in total. The lowest BCUT2D eigenvalue weighted by molar-refractivity contribution is 0.174. The molecule has 0 bridgehead atoms. The highest BCUT2D eigenvalue weighted by Crippen LogP contribution is 2.44. The molecule has 2 fully saturated rings. The second-order valence-corrected chi connectivity index (χ2v) is 8.44. The second kappa shape index (κ2) is 6.65. The van der Waals surface area contributed by atoms with E-state index < -0.39 is 0 Å². The van der Waals surface area contributed by atoms with Crippen molar-refractivity contribution in [1.29, 1.82) is 0 Å². The summed E-state index contributed by atoms with van der Waals surface area (Å²) in [5.41, 5.74) is 0.490. The molecule has 2 rings (SSSR count). The molecule has 0 aromatic rings. The minimum Gasteiger partial charge on any atom is -0.312 e. The topological polar surface area (TPSA) is 12.0 Å². The lowest BCUT2D eigenvalue weighted by Crippen LogP contribution is -2.52. The molecule has 2 aliphatic carbocycles. The monoisotopic (exact) mass is 269 g/mol. The fourth-order valence-electron chi connectivity index (χ4n) is 3.71. The van der Waals surface area contributed by atoms with Crippen LogP contribution in [0, 0.1) is 5.41 Å². The number of hydrogen-bond donors (Lipinski definition) is 1. The van der Waals surface area contributed by atoms with Gasteiger partial charge in [-0.2, -0.15) is 11.8 Å². The molecule has 2 aliphatic rings. The minimum absolute atomic E-state index is 0.490. The summed E-state index contributed by atoms with van der Waals surface area (Å²) in [4.78, 5) is 0. The van der Waals surface area contributed by atoms with E-state index in [1.54, 1.807) is 0 Å². The Morgan fingerprint density at radius 3 is 2.50 bits per heavy atom. The van der Waals surface area contributed by atoms with Gasteiger partial charge in [-0.05, 0) is 44.1 Å². The normalized spacial score (nSPS) is 32.8. The summed E-state index contributed by atoms with van der Waals surface area (Å²) < 4.78 is 0. The van der Waals surface area contributed by atoms with Gasteiger partial charge in [-0.3, -0.25) is 0 Å². The SMILES string of the molecule is CCCNC1C(SC2CCCC2)CCCC1(C)C. The third-order valence-corrected chi connectivity index (χ3v) is 6.52. The molecule has 0 heterocycles. The maximum absolute atomic E-state index is 3.86. The van der Waals surface area contributed by atoms with Gasteiger partial charge in [0.2, 0.25) is 0 Å². The molecule has 2 saturated carbocycles. The van der Waals surface area contributed by atoms with Crippen LogP contribution in [0.15, 0.2) is 0 Å². The summed E-state index contributed by atoms with van der Waals surface area (Å²) >= 11 is 2.33. The molecule has 106 valence electrons. The number of nitrogens with one attached hydrogen (secondary N) is 1. The van der Waals surface area contributed by atoms with Crippen LogP contribution < -0.4 is 5.32 Å². The van der Waals surface area contributed by atoms with Crippen LogP contribution in [0.4, 0.5) is 0 Å². The Kier molecular flexibility index (Phi) is 5.44. The molecule has 0 spiro atoms. The van der Waals surface area contributed by atoms with Crippen molar-refractivity contribution < 1.29 is 0 Å². The molecule has 2 unspecified atom stereocenters. The van der Waals surface area contributed by atoms with Gasteiger partial charge in [0.25, 0.3) is 0 Å². The van der Waals surface area contributed by atoms with Gasteiger partial charge in [0.05, 0.1) is 0 Å². The van der Waals surface area contributed by atoms with Gasteiger partial charge in [0.15, 0.2) is 0 Å². The predicted molar refractivity (Wildman–Crippen MR) is 83.3 cm³/mol. The van der Waals surface area contributed by atoms with E-state index in [1.165, 1.54) is 57.9 Å².